The third-order valence-corrected chi connectivity index (χ3v) is 5.14. The molecular formula is C18H21N3O4. The number of ether oxygens (including phenoxy) is 1. The van der Waals surface area contributed by atoms with E-state index >= 15 is 0 Å². The number of hydrogen-bond donors (Lipinski definition) is 1. The normalized spacial score (nSPS) is 20.6. The molecule has 1 saturated heterocycles. The van der Waals surface area contributed by atoms with Gasteiger partial charge in [-0.15, -0.1) is 0 Å². The van der Waals surface area contributed by atoms with Gasteiger partial charge in [-0.25, -0.2) is 4.79 Å². The maximum Gasteiger partial charge on any atom is 0.341 e. The van der Waals surface area contributed by atoms with Crippen LogP contribution in [0.25, 0.3) is 10.9 Å². The summed E-state index contributed by atoms with van der Waals surface area (Å²) in [5, 5.41) is 9.75. The number of carboxylic acids is 1. The molecule has 1 fully saturated rings. The molecule has 0 aliphatic carbocycles. The molecule has 0 spiro atoms. The fourth-order valence-electron chi connectivity index (χ4n) is 3.63. The summed E-state index contributed by atoms with van der Waals surface area (Å²) in [4.78, 5) is 28.6. The molecule has 25 heavy (non-hydrogen) atoms. The highest BCUT2D eigenvalue weighted by molar-refractivity contribution is 5.97. The van der Waals surface area contributed by atoms with Gasteiger partial charge < -0.3 is 24.2 Å². The minimum absolute atomic E-state index is 0.0311. The Balaban J connectivity index is 1.94. The van der Waals surface area contributed by atoms with Gasteiger partial charge in [0.05, 0.1) is 22.6 Å². The molecule has 7 nitrogen and oxygen atoms in total. The smallest absolute Gasteiger partial charge is 0.341 e. The lowest BCUT2D eigenvalue weighted by molar-refractivity contribution is 0.0694. The first kappa shape index (κ1) is 16.0. The average Bonchev–Trinajstić information content (AvgIpc) is 2.60. The van der Waals surface area contributed by atoms with Crippen LogP contribution in [0.1, 0.15) is 23.3 Å². The van der Waals surface area contributed by atoms with Gasteiger partial charge in [0, 0.05) is 32.4 Å². The molecule has 0 saturated carbocycles. The van der Waals surface area contributed by atoms with Gasteiger partial charge >= 0.3 is 5.97 Å². The van der Waals surface area contributed by atoms with E-state index in [0.717, 1.165) is 31.9 Å². The number of likely N-dealkylation sites (N-methyl/N-ethyl adjacent to an activating group) is 1. The number of benzene rings is 1. The number of aromatic nitrogens is 1. The maximum absolute atomic E-state index is 12.6. The first-order valence-corrected chi connectivity index (χ1v) is 8.49. The van der Waals surface area contributed by atoms with Crippen molar-refractivity contribution in [3.8, 4) is 5.75 Å². The number of aromatic carboxylic acids is 1. The number of carboxylic acid groups (broad SMARTS) is 1. The highest BCUT2D eigenvalue weighted by atomic mass is 16.5. The molecule has 2 aliphatic rings. The van der Waals surface area contributed by atoms with Gasteiger partial charge in [0.15, 0.2) is 5.75 Å². The maximum atomic E-state index is 12.6. The van der Waals surface area contributed by atoms with Crippen molar-refractivity contribution in [2.45, 2.75) is 13.0 Å². The van der Waals surface area contributed by atoms with Gasteiger partial charge in [-0.1, -0.05) is 0 Å². The number of rotatable bonds is 2. The number of carbonyl (C=O) groups is 1. The van der Waals surface area contributed by atoms with Crippen molar-refractivity contribution in [1.29, 1.82) is 0 Å². The van der Waals surface area contributed by atoms with Crippen LogP contribution < -0.4 is 15.1 Å². The largest absolute Gasteiger partial charge is 0.487 e. The van der Waals surface area contributed by atoms with Crippen LogP contribution in [-0.4, -0.2) is 60.4 Å². The Hall–Kier alpha value is -2.54. The zero-order chi connectivity index (χ0) is 17.7. The molecule has 1 atom stereocenters. The molecule has 4 rings (SSSR count). The third kappa shape index (κ3) is 2.46. The van der Waals surface area contributed by atoms with E-state index in [1.54, 1.807) is 6.07 Å². The summed E-state index contributed by atoms with van der Waals surface area (Å²) in [5.74, 6) is -0.506. The Morgan fingerprint density at radius 1 is 1.24 bits per heavy atom. The van der Waals surface area contributed by atoms with E-state index in [-0.39, 0.29) is 11.6 Å². The summed E-state index contributed by atoms with van der Waals surface area (Å²) in [7, 11) is 2.10. The zero-order valence-electron chi connectivity index (χ0n) is 14.4. The first-order valence-electron chi connectivity index (χ1n) is 8.49. The standard InChI is InChI=1S/C18H21N3O4/c1-11-10-25-17-14(20-7-5-19(2)6-8-20)4-3-12-15(17)21(11)9-13(16(12)22)18(23)24/h3-4,9,11H,5-8,10H2,1-2H3,(H,23,24)/t11-/m0/s1. The second kappa shape index (κ2) is 5.77. The van der Waals surface area contributed by atoms with Crippen molar-refractivity contribution in [2.75, 3.05) is 44.7 Å². The molecule has 1 N–H and O–H groups in total. The van der Waals surface area contributed by atoms with Crippen molar-refractivity contribution in [3.05, 3.63) is 34.1 Å². The Kier molecular flexibility index (Phi) is 3.68. The molecule has 132 valence electrons. The van der Waals surface area contributed by atoms with Crippen LogP contribution in [0.3, 0.4) is 0 Å². The van der Waals surface area contributed by atoms with E-state index in [4.69, 9.17) is 4.74 Å². The van der Waals surface area contributed by atoms with Gasteiger partial charge in [0.25, 0.3) is 0 Å². The molecule has 0 amide bonds. The van der Waals surface area contributed by atoms with Gasteiger partial charge in [-0.05, 0) is 26.1 Å². The van der Waals surface area contributed by atoms with Crippen molar-refractivity contribution < 1.29 is 14.6 Å². The lowest BCUT2D eigenvalue weighted by atomic mass is 10.1. The summed E-state index contributed by atoms with van der Waals surface area (Å²) in [5.41, 5.74) is 1.02. The molecular weight excluding hydrogens is 322 g/mol. The second-order valence-corrected chi connectivity index (χ2v) is 6.84. The van der Waals surface area contributed by atoms with E-state index in [9.17, 15) is 14.7 Å². The van der Waals surface area contributed by atoms with Crippen LogP contribution in [-0.2, 0) is 0 Å². The van der Waals surface area contributed by atoms with Crippen LogP contribution in [0.5, 0.6) is 5.75 Å². The molecule has 0 radical (unpaired) electrons. The molecule has 1 aromatic carbocycles. The Bertz CT molecular complexity index is 913. The molecule has 2 aliphatic heterocycles. The molecule has 7 heteroatoms. The van der Waals surface area contributed by atoms with Crippen molar-refractivity contribution in [1.82, 2.24) is 9.47 Å². The molecule has 0 bridgehead atoms. The minimum Gasteiger partial charge on any atom is -0.487 e. The zero-order valence-corrected chi connectivity index (χ0v) is 14.4. The van der Waals surface area contributed by atoms with E-state index in [1.807, 2.05) is 17.6 Å². The topological polar surface area (TPSA) is 75.0 Å². The summed E-state index contributed by atoms with van der Waals surface area (Å²) >= 11 is 0. The lowest BCUT2D eigenvalue weighted by Gasteiger charge is -2.36. The molecule has 2 aromatic rings. The monoisotopic (exact) mass is 343 g/mol. The second-order valence-electron chi connectivity index (χ2n) is 6.84. The predicted molar refractivity (Wildman–Crippen MR) is 95.1 cm³/mol. The SMILES string of the molecule is C[C@H]1COc2c(N3CCN(C)CC3)ccc3c(=O)c(C(=O)O)cn1c23. The van der Waals surface area contributed by atoms with Crippen LogP contribution >= 0.6 is 0 Å². The molecule has 0 unspecified atom stereocenters. The van der Waals surface area contributed by atoms with E-state index in [1.165, 1.54) is 6.20 Å². The number of hydrogen-bond acceptors (Lipinski definition) is 5. The van der Waals surface area contributed by atoms with Crippen LogP contribution in [0.15, 0.2) is 23.1 Å². The molecule has 3 heterocycles. The van der Waals surface area contributed by atoms with Crippen LogP contribution in [0, 0.1) is 0 Å². The lowest BCUT2D eigenvalue weighted by Crippen LogP contribution is -2.44. The fourth-order valence-corrected chi connectivity index (χ4v) is 3.63. The number of piperazine rings is 1. The van der Waals surface area contributed by atoms with E-state index < -0.39 is 11.4 Å². The van der Waals surface area contributed by atoms with Gasteiger partial charge in [-0.2, -0.15) is 0 Å². The number of pyridine rings is 1. The highest BCUT2D eigenvalue weighted by Gasteiger charge is 2.28. The van der Waals surface area contributed by atoms with Crippen molar-refractivity contribution in [3.63, 3.8) is 0 Å². The molecule has 1 aromatic heterocycles. The Morgan fingerprint density at radius 3 is 2.64 bits per heavy atom. The van der Waals surface area contributed by atoms with Gasteiger partial charge in [0.1, 0.15) is 12.2 Å². The van der Waals surface area contributed by atoms with Crippen molar-refractivity contribution in [2.24, 2.45) is 0 Å². The minimum atomic E-state index is -1.20. The quantitative estimate of drug-likeness (QED) is 0.889. The third-order valence-electron chi connectivity index (χ3n) is 5.14. The van der Waals surface area contributed by atoms with Crippen molar-refractivity contribution >= 4 is 22.6 Å². The van der Waals surface area contributed by atoms with E-state index in [0.29, 0.717) is 23.3 Å². The van der Waals surface area contributed by atoms with Gasteiger partial charge in [-0.3, -0.25) is 4.79 Å². The summed E-state index contributed by atoms with van der Waals surface area (Å²) < 4.78 is 7.89. The Morgan fingerprint density at radius 2 is 1.96 bits per heavy atom. The van der Waals surface area contributed by atoms with Crippen LogP contribution in [0.4, 0.5) is 5.69 Å². The summed E-state index contributed by atoms with van der Waals surface area (Å²) in [6.07, 6.45) is 1.46. The number of nitrogens with zero attached hydrogens (tertiary/aromatic N) is 3. The summed E-state index contributed by atoms with van der Waals surface area (Å²) in [6, 6.07) is 3.59. The Labute approximate surface area is 145 Å². The first-order chi connectivity index (χ1) is 12.0. The van der Waals surface area contributed by atoms with Gasteiger partial charge in [0.2, 0.25) is 5.43 Å². The average molecular weight is 343 g/mol. The summed E-state index contributed by atoms with van der Waals surface area (Å²) in [6.45, 7) is 6.14. The highest BCUT2D eigenvalue weighted by Crippen LogP contribution is 2.40. The van der Waals surface area contributed by atoms with E-state index in [2.05, 4.69) is 16.8 Å². The fraction of sp³-hybridized carbons (Fsp3) is 0.444. The number of anilines is 1. The predicted octanol–water partition coefficient (Wildman–Crippen LogP) is 1.40. The van der Waals surface area contributed by atoms with Crippen LogP contribution in [0.2, 0.25) is 0 Å².